The van der Waals surface area contributed by atoms with Gasteiger partial charge in [-0.05, 0) is 12.1 Å². The zero-order valence-corrected chi connectivity index (χ0v) is 9.73. The molecule has 0 radical (unpaired) electrons. The Bertz CT molecular complexity index is 573. The summed E-state index contributed by atoms with van der Waals surface area (Å²) in [5.41, 5.74) is -0.135. The van der Waals surface area contributed by atoms with Crippen molar-refractivity contribution in [1.29, 1.82) is 0 Å². The van der Waals surface area contributed by atoms with E-state index in [-0.39, 0.29) is 4.87 Å². The monoisotopic (exact) mass is 275 g/mol. The van der Waals surface area contributed by atoms with Crippen LogP contribution in [0.4, 0.5) is 19.0 Å². The first-order valence-corrected chi connectivity index (χ1v) is 5.77. The number of aromatic amines is 1. The highest BCUT2D eigenvalue weighted by Gasteiger charge is 2.30. The molecule has 0 atom stereocenters. The van der Waals surface area contributed by atoms with Crippen LogP contribution in [0.2, 0.25) is 0 Å². The number of pyridine rings is 1. The fourth-order valence-electron chi connectivity index (χ4n) is 1.25. The second kappa shape index (κ2) is 4.81. The van der Waals surface area contributed by atoms with Gasteiger partial charge in [0, 0.05) is 17.3 Å². The van der Waals surface area contributed by atoms with Crippen LogP contribution in [-0.2, 0) is 12.7 Å². The molecule has 0 aliphatic carbocycles. The predicted octanol–water partition coefficient (Wildman–Crippen LogP) is 2.46. The number of thiazole rings is 1. The van der Waals surface area contributed by atoms with E-state index in [1.54, 1.807) is 5.38 Å². The van der Waals surface area contributed by atoms with Gasteiger partial charge in [0.1, 0.15) is 5.82 Å². The van der Waals surface area contributed by atoms with Crippen LogP contribution in [0.3, 0.4) is 0 Å². The molecule has 2 aromatic heterocycles. The SMILES string of the molecule is O=c1[nH]c(CNc2ccc(C(F)(F)F)cn2)cs1. The highest BCUT2D eigenvalue weighted by atomic mass is 32.1. The minimum Gasteiger partial charge on any atom is -0.364 e. The van der Waals surface area contributed by atoms with E-state index in [4.69, 9.17) is 0 Å². The molecule has 0 aromatic carbocycles. The normalized spacial score (nSPS) is 11.5. The van der Waals surface area contributed by atoms with Gasteiger partial charge in [-0.25, -0.2) is 4.98 Å². The third-order valence-corrected chi connectivity index (χ3v) is 2.84. The summed E-state index contributed by atoms with van der Waals surface area (Å²) in [5.74, 6) is 0.315. The summed E-state index contributed by atoms with van der Waals surface area (Å²) in [5, 5.41) is 4.45. The summed E-state index contributed by atoms with van der Waals surface area (Å²) >= 11 is 1.03. The second-order valence-corrected chi connectivity index (χ2v) is 4.30. The van der Waals surface area contributed by atoms with Gasteiger partial charge < -0.3 is 10.3 Å². The Morgan fingerprint density at radius 3 is 2.67 bits per heavy atom. The maximum absolute atomic E-state index is 12.3. The molecule has 96 valence electrons. The first-order valence-electron chi connectivity index (χ1n) is 4.89. The van der Waals surface area contributed by atoms with Crippen molar-refractivity contribution in [3.8, 4) is 0 Å². The number of hydrogen-bond donors (Lipinski definition) is 2. The fourth-order valence-corrected chi connectivity index (χ4v) is 1.83. The maximum atomic E-state index is 12.3. The van der Waals surface area contributed by atoms with Gasteiger partial charge in [-0.3, -0.25) is 4.79 Å². The Labute approximate surface area is 104 Å². The topological polar surface area (TPSA) is 57.8 Å². The van der Waals surface area contributed by atoms with E-state index in [9.17, 15) is 18.0 Å². The molecule has 0 bridgehead atoms. The number of alkyl halides is 3. The number of nitrogens with one attached hydrogen (secondary N) is 2. The zero-order chi connectivity index (χ0) is 13.2. The van der Waals surface area contributed by atoms with Gasteiger partial charge in [-0.15, -0.1) is 0 Å². The fraction of sp³-hybridized carbons (Fsp3) is 0.200. The lowest BCUT2D eigenvalue weighted by atomic mass is 10.3. The van der Waals surface area contributed by atoms with Gasteiger partial charge in [0.15, 0.2) is 0 Å². The summed E-state index contributed by atoms with van der Waals surface area (Å²) < 4.78 is 36.8. The minimum atomic E-state index is -4.38. The third kappa shape index (κ3) is 3.10. The number of H-pyrrole nitrogens is 1. The number of anilines is 1. The van der Waals surface area contributed by atoms with Crippen LogP contribution >= 0.6 is 11.3 Å². The van der Waals surface area contributed by atoms with Gasteiger partial charge in [-0.2, -0.15) is 13.2 Å². The molecule has 0 unspecified atom stereocenters. The number of nitrogens with zero attached hydrogens (tertiary/aromatic N) is 1. The van der Waals surface area contributed by atoms with Crippen molar-refractivity contribution >= 4 is 17.2 Å². The van der Waals surface area contributed by atoms with Crippen LogP contribution in [0.25, 0.3) is 0 Å². The molecule has 0 amide bonds. The summed E-state index contributed by atoms with van der Waals surface area (Å²) in [6.45, 7) is 0.303. The van der Waals surface area contributed by atoms with Crippen LogP contribution in [0.1, 0.15) is 11.3 Å². The van der Waals surface area contributed by atoms with E-state index in [1.807, 2.05) is 0 Å². The molecule has 4 nitrogen and oxygen atoms in total. The van der Waals surface area contributed by atoms with Crippen LogP contribution in [0.15, 0.2) is 28.5 Å². The zero-order valence-electron chi connectivity index (χ0n) is 8.91. The lowest BCUT2D eigenvalue weighted by Gasteiger charge is -2.07. The van der Waals surface area contributed by atoms with Crippen molar-refractivity contribution in [3.63, 3.8) is 0 Å². The molecule has 0 saturated heterocycles. The Kier molecular flexibility index (Phi) is 3.37. The minimum absolute atomic E-state index is 0.174. The number of hydrogen-bond acceptors (Lipinski definition) is 4. The van der Waals surface area contributed by atoms with E-state index in [0.29, 0.717) is 18.1 Å². The smallest absolute Gasteiger partial charge is 0.364 e. The Morgan fingerprint density at radius 2 is 2.17 bits per heavy atom. The summed E-state index contributed by atoms with van der Waals surface area (Å²) in [7, 11) is 0. The second-order valence-electron chi connectivity index (χ2n) is 3.46. The van der Waals surface area contributed by atoms with E-state index < -0.39 is 11.7 Å². The van der Waals surface area contributed by atoms with Gasteiger partial charge >= 0.3 is 11.0 Å². The molecule has 2 heterocycles. The molecule has 18 heavy (non-hydrogen) atoms. The Hall–Kier alpha value is -1.83. The molecule has 0 fully saturated rings. The summed E-state index contributed by atoms with van der Waals surface area (Å²) in [4.78, 5) is 16.9. The average Bonchev–Trinajstić information content (AvgIpc) is 2.72. The van der Waals surface area contributed by atoms with Gasteiger partial charge in [0.05, 0.1) is 12.1 Å². The van der Waals surface area contributed by atoms with Crippen LogP contribution in [0.5, 0.6) is 0 Å². The van der Waals surface area contributed by atoms with Crippen molar-refractivity contribution in [2.45, 2.75) is 12.7 Å². The average molecular weight is 275 g/mol. The molecule has 0 aliphatic rings. The molecule has 0 saturated carbocycles. The van der Waals surface area contributed by atoms with Gasteiger partial charge in [0.2, 0.25) is 0 Å². The van der Waals surface area contributed by atoms with Crippen LogP contribution in [-0.4, -0.2) is 9.97 Å². The van der Waals surface area contributed by atoms with Gasteiger partial charge in [-0.1, -0.05) is 11.3 Å². The van der Waals surface area contributed by atoms with Crippen LogP contribution < -0.4 is 10.2 Å². The molecule has 0 spiro atoms. The Balaban J connectivity index is 2.00. The number of rotatable bonds is 3. The molecular formula is C10H8F3N3OS. The van der Waals surface area contributed by atoms with Crippen molar-refractivity contribution in [1.82, 2.24) is 9.97 Å². The molecular weight excluding hydrogens is 267 g/mol. The number of aromatic nitrogens is 2. The lowest BCUT2D eigenvalue weighted by molar-refractivity contribution is -0.137. The third-order valence-electron chi connectivity index (χ3n) is 2.12. The summed E-state index contributed by atoms with van der Waals surface area (Å²) in [6.07, 6.45) is -3.62. The van der Waals surface area contributed by atoms with Crippen LogP contribution in [0, 0.1) is 0 Å². The van der Waals surface area contributed by atoms with Gasteiger partial charge in [0.25, 0.3) is 0 Å². The quantitative estimate of drug-likeness (QED) is 0.904. The van der Waals surface area contributed by atoms with E-state index in [0.717, 1.165) is 23.6 Å². The molecule has 2 aromatic rings. The molecule has 2 rings (SSSR count). The standard InChI is InChI=1S/C10H8F3N3OS/c11-10(12,13)6-1-2-8(14-3-6)15-4-7-5-18-9(17)16-7/h1-3,5H,4H2,(H,14,15)(H,16,17). The predicted molar refractivity (Wildman–Crippen MR) is 61.5 cm³/mol. The van der Waals surface area contributed by atoms with E-state index in [2.05, 4.69) is 15.3 Å². The maximum Gasteiger partial charge on any atom is 0.417 e. The molecule has 8 heteroatoms. The van der Waals surface area contributed by atoms with Crippen molar-refractivity contribution in [3.05, 3.63) is 44.6 Å². The number of halogens is 3. The molecule has 2 N–H and O–H groups in total. The van der Waals surface area contributed by atoms with Crippen molar-refractivity contribution in [2.24, 2.45) is 0 Å². The Morgan fingerprint density at radius 1 is 1.39 bits per heavy atom. The lowest BCUT2D eigenvalue weighted by Crippen LogP contribution is -2.07. The summed E-state index contributed by atoms with van der Waals surface area (Å²) in [6, 6.07) is 2.19. The van der Waals surface area contributed by atoms with Crippen molar-refractivity contribution < 1.29 is 13.2 Å². The van der Waals surface area contributed by atoms with E-state index in [1.165, 1.54) is 6.07 Å². The highest BCUT2D eigenvalue weighted by Crippen LogP contribution is 2.28. The first-order chi connectivity index (χ1) is 8.45. The van der Waals surface area contributed by atoms with E-state index >= 15 is 0 Å². The highest BCUT2D eigenvalue weighted by molar-refractivity contribution is 7.07. The van der Waals surface area contributed by atoms with Crippen molar-refractivity contribution in [2.75, 3.05) is 5.32 Å². The first kappa shape index (κ1) is 12.6. The largest absolute Gasteiger partial charge is 0.417 e. The molecule has 0 aliphatic heterocycles.